The highest BCUT2D eigenvalue weighted by Crippen LogP contribution is 2.24. The van der Waals surface area contributed by atoms with Crippen LogP contribution in [-0.2, 0) is 0 Å². The summed E-state index contributed by atoms with van der Waals surface area (Å²) in [4.78, 5) is 15.1. The summed E-state index contributed by atoms with van der Waals surface area (Å²) in [6.45, 7) is 5.60. The molecular weight excluding hydrogens is 346 g/mol. The molecule has 0 unspecified atom stereocenters. The molecule has 148 valence electrons. The van der Waals surface area contributed by atoms with Crippen molar-refractivity contribution in [2.75, 3.05) is 32.0 Å². The number of imidazole rings is 1. The number of aromatic amines is 1. The van der Waals surface area contributed by atoms with E-state index in [1.54, 1.807) is 0 Å². The highest BCUT2D eigenvalue weighted by Gasteiger charge is 2.15. The minimum Gasteiger partial charge on any atom is -0.370 e. The second-order valence-corrected chi connectivity index (χ2v) is 8.16. The number of aryl methyl sites for hydroxylation is 1. The zero-order valence-corrected chi connectivity index (χ0v) is 17.0. The molecule has 3 aromatic rings. The molecule has 0 bridgehead atoms. The zero-order valence-electron chi connectivity index (χ0n) is 17.0. The Morgan fingerprint density at radius 3 is 2.86 bits per heavy atom. The van der Waals surface area contributed by atoms with E-state index in [-0.39, 0.29) is 0 Å². The third kappa shape index (κ3) is 4.53. The number of nitrogens with zero attached hydrogens (tertiary/aromatic N) is 3. The zero-order chi connectivity index (χ0) is 19.3. The highest BCUT2D eigenvalue weighted by molar-refractivity contribution is 5.82. The summed E-state index contributed by atoms with van der Waals surface area (Å²) in [6, 6.07) is 10.3. The molecule has 4 rings (SSSR count). The van der Waals surface area contributed by atoms with Gasteiger partial charge in [0.05, 0.1) is 11.0 Å². The molecule has 0 radical (unpaired) electrons. The van der Waals surface area contributed by atoms with E-state index in [4.69, 9.17) is 4.98 Å². The molecule has 0 saturated carbocycles. The summed E-state index contributed by atoms with van der Waals surface area (Å²) in [6.07, 6.45) is 8.44. The number of nitrogens with one attached hydrogen (secondary N) is 2. The van der Waals surface area contributed by atoms with Crippen LogP contribution >= 0.6 is 0 Å². The Morgan fingerprint density at radius 2 is 2.04 bits per heavy atom. The summed E-state index contributed by atoms with van der Waals surface area (Å²) in [5.41, 5.74) is 4.38. The van der Waals surface area contributed by atoms with Crippen LogP contribution in [0.4, 0.5) is 5.82 Å². The van der Waals surface area contributed by atoms with Crippen LogP contribution in [0.2, 0.25) is 0 Å². The van der Waals surface area contributed by atoms with Crippen LogP contribution < -0.4 is 5.32 Å². The van der Waals surface area contributed by atoms with E-state index in [0.29, 0.717) is 0 Å². The van der Waals surface area contributed by atoms with Crippen LogP contribution in [0.15, 0.2) is 36.5 Å². The van der Waals surface area contributed by atoms with Crippen molar-refractivity contribution in [1.29, 1.82) is 0 Å². The number of fused-ring (bicyclic) bond motifs is 1. The molecule has 5 heteroatoms. The van der Waals surface area contributed by atoms with E-state index in [9.17, 15) is 0 Å². The number of piperidine rings is 1. The lowest BCUT2D eigenvalue weighted by Gasteiger charge is -2.28. The summed E-state index contributed by atoms with van der Waals surface area (Å²) < 4.78 is 0. The molecule has 1 aliphatic heterocycles. The molecule has 0 aliphatic carbocycles. The maximum absolute atomic E-state index is 4.78. The Balaban J connectivity index is 1.29. The van der Waals surface area contributed by atoms with Crippen molar-refractivity contribution in [2.45, 2.75) is 39.0 Å². The van der Waals surface area contributed by atoms with Gasteiger partial charge >= 0.3 is 0 Å². The number of hydrogen-bond donors (Lipinski definition) is 2. The molecule has 5 nitrogen and oxygen atoms in total. The number of unbranched alkanes of at least 4 members (excludes halogenated alkanes) is 1. The fraction of sp³-hybridized carbons (Fsp3) is 0.478. The van der Waals surface area contributed by atoms with Crippen molar-refractivity contribution in [3.63, 3.8) is 0 Å². The van der Waals surface area contributed by atoms with Crippen LogP contribution in [-0.4, -0.2) is 46.5 Å². The lowest BCUT2D eigenvalue weighted by Crippen LogP contribution is -2.30. The van der Waals surface area contributed by atoms with Gasteiger partial charge in [-0.15, -0.1) is 0 Å². The van der Waals surface area contributed by atoms with Gasteiger partial charge in [-0.25, -0.2) is 9.97 Å². The van der Waals surface area contributed by atoms with Crippen molar-refractivity contribution in [3.05, 3.63) is 42.1 Å². The Hall–Kier alpha value is -2.40. The molecular formula is C23H31N5. The summed E-state index contributed by atoms with van der Waals surface area (Å²) in [5.74, 6) is 2.75. The van der Waals surface area contributed by atoms with Gasteiger partial charge in [0.2, 0.25) is 0 Å². The molecule has 1 saturated heterocycles. The maximum atomic E-state index is 4.78. The molecule has 0 amide bonds. The second-order valence-electron chi connectivity index (χ2n) is 8.16. The number of aromatic nitrogens is 3. The van der Waals surface area contributed by atoms with E-state index >= 15 is 0 Å². The van der Waals surface area contributed by atoms with Crippen molar-refractivity contribution in [2.24, 2.45) is 5.92 Å². The van der Waals surface area contributed by atoms with Gasteiger partial charge in [-0.3, -0.25) is 0 Å². The van der Waals surface area contributed by atoms with E-state index < -0.39 is 0 Å². The molecule has 2 N–H and O–H groups in total. The van der Waals surface area contributed by atoms with Crippen LogP contribution in [0.25, 0.3) is 22.4 Å². The summed E-state index contributed by atoms with van der Waals surface area (Å²) >= 11 is 0. The number of para-hydroxylation sites is 1. The fourth-order valence-electron chi connectivity index (χ4n) is 4.11. The Morgan fingerprint density at radius 1 is 1.18 bits per heavy atom. The minimum absolute atomic E-state index is 0.900. The van der Waals surface area contributed by atoms with Gasteiger partial charge in [-0.2, -0.15) is 0 Å². The van der Waals surface area contributed by atoms with E-state index in [1.165, 1.54) is 50.8 Å². The second kappa shape index (κ2) is 8.74. The van der Waals surface area contributed by atoms with Gasteiger partial charge in [0.1, 0.15) is 11.6 Å². The topological polar surface area (TPSA) is 56.8 Å². The molecule has 0 spiro atoms. The molecule has 0 atom stereocenters. The van der Waals surface area contributed by atoms with Crippen molar-refractivity contribution in [3.8, 4) is 11.4 Å². The number of benzene rings is 1. The van der Waals surface area contributed by atoms with Gasteiger partial charge in [0.15, 0.2) is 0 Å². The first kappa shape index (κ1) is 18.9. The number of H-pyrrole nitrogens is 1. The molecule has 2 aromatic heterocycles. The van der Waals surface area contributed by atoms with Gasteiger partial charge < -0.3 is 15.2 Å². The van der Waals surface area contributed by atoms with Gasteiger partial charge in [0, 0.05) is 18.3 Å². The van der Waals surface area contributed by atoms with E-state index in [1.807, 2.05) is 12.3 Å². The van der Waals surface area contributed by atoms with Gasteiger partial charge in [-0.1, -0.05) is 25.0 Å². The largest absolute Gasteiger partial charge is 0.370 e. The Bertz CT molecular complexity index is 908. The molecule has 3 heterocycles. The third-order valence-corrected chi connectivity index (χ3v) is 5.93. The number of anilines is 1. The number of rotatable bonds is 7. The van der Waals surface area contributed by atoms with E-state index in [0.717, 1.165) is 40.7 Å². The first-order chi connectivity index (χ1) is 13.7. The molecule has 1 aliphatic rings. The monoisotopic (exact) mass is 377 g/mol. The van der Waals surface area contributed by atoms with Gasteiger partial charge in [0.25, 0.3) is 0 Å². The third-order valence-electron chi connectivity index (χ3n) is 5.93. The summed E-state index contributed by atoms with van der Waals surface area (Å²) in [7, 11) is 2.23. The molecule has 1 fully saturated rings. The predicted octanol–water partition coefficient (Wildman–Crippen LogP) is 4.86. The normalized spacial score (nSPS) is 15.9. The predicted molar refractivity (Wildman–Crippen MR) is 117 cm³/mol. The fourth-order valence-corrected chi connectivity index (χ4v) is 4.11. The number of pyridine rings is 1. The highest BCUT2D eigenvalue weighted by atomic mass is 15.1. The van der Waals surface area contributed by atoms with Crippen LogP contribution in [0.5, 0.6) is 0 Å². The molecule has 1 aromatic carbocycles. The standard InChI is InChI=1S/C23H31N5/c1-17-6-5-8-20-22(17)27-23(26-20)19-9-13-25-21(16-19)24-12-4-3-7-18-10-14-28(2)15-11-18/h5-6,8-9,13,16,18H,3-4,7,10-12,14-15H2,1-2H3,(H,24,25)(H,26,27). The summed E-state index contributed by atoms with van der Waals surface area (Å²) in [5, 5.41) is 3.48. The Labute approximate surface area is 167 Å². The first-order valence-electron chi connectivity index (χ1n) is 10.5. The maximum Gasteiger partial charge on any atom is 0.138 e. The van der Waals surface area contributed by atoms with Gasteiger partial charge in [-0.05, 0) is 76.0 Å². The van der Waals surface area contributed by atoms with Crippen LogP contribution in [0.3, 0.4) is 0 Å². The number of hydrogen-bond acceptors (Lipinski definition) is 4. The van der Waals surface area contributed by atoms with Crippen LogP contribution in [0, 0.1) is 12.8 Å². The Kier molecular flexibility index (Phi) is 5.91. The smallest absolute Gasteiger partial charge is 0.138 e. The lowest BCUT2D eigenvalue weighted by molar-refractivity contribution is 0.210. The van der Waals surface area contributed by atoms with Crippen molar-refractivity contribution >= 4 is 16.9 Å². The molecule has 28 heavy (non-hydrogen) atoms. The average Bonchev–Trinajstić information content (AvgIpc) is 3.15. The lowest BCUT2D eigenvalue weighted by atomic mass is 9.92. The first-order valence-corrected chi connectivity index (χ1v) is 10.5. The quantitative estimate of drug-likeness (QED) is 0.578. The SMILES string of the molecule is Cc1cccc2[nH]c(-c3ccnc(NCCCCC4CCN(C)CC4)c3)nc12. The average molecular weight is 378 g/mol. The number of likely N-dealkylation sites (tertiary alicyclic amines) is 1. The van der Waals surface area contributed by atoms with Crippen molar-refractivity contribution in [1.82, 2.24) is 19.9 Å². The van der Waals surface area contributed by atoms with Crippen molar-refractivity contribution < 1.29 is 0 Å². The van der Waals surface area contributed by atoms with E-state index in [2.05, 4.69) is 58.4 Å². The van der Waals surface area contributed by atoms with Crippen LogP contribution in [0.1, 0.15) is 37.7 Å². The minimum atomic E-state index is 0.900.